The van der Waals surface area contributed by atoms with Gasteiger partial charge in [-0.1, -0.05) is 6.92 Å². The van der Waals surface area contributed by atoms with Gasteiger partial charge in [0.25, 0.3) is 0 Å². The van der Waals surface area contributed by atoms with Gasteiger partial charge in [0.15, 0.2) is 5.82 Å². The first kappa shape index (κ1) is 13.8. The first-order valence-corrected chi connectivity index (χ1v) is 7.50. The van der Waals surface area contributed by atoms with Crippen LogP contribution in [0.1, 0.15) is 26.2 Å². The maximum Gasteiger partial charge on any atom is 0.230 e. The van der Waals surface area contributed by atoms with Crippen LogP contribution in [-0.4, -0.2) is 44.4 Å². The average molecular weight is 287 g/mol. The molecule has 1 aliphatic heterocycles. The van der Waals surface area contributed by atoms with Crippen molar-refractivity contribution in [2.24, 2.45) is 7.05 Å². The molecule has 7 nitrogen and oxygen atoms in total. The molecule has 112 valence electrons. The Labute approximate surface area is 124 Å². The molecule has 3 rings (SSSR count). The molecule has 1 aliphatic rings. The van der Waals surface area contributed by atoms with Gasteiger partial charge in [-0.05, 0) is 19.3 Å². The first-order valence-electron chi connectivity index (χ1n) is 7.50. The van der Waals surface area contributed by atoms with E-state index in [1.54, 1.807) is 10.9 Å². The van der Waals surface area contributed by atoms with Gasteiger partial charge in [-0.25, -0.2) is 0 Å². The van der Waals surface area contributed by atoms with Crippen molar-refractivity contribution in [3.05, 3.63) is 12.4 Å². The molecule has 2 aromatic heterocycles. The molecule has 0 aliphatic carbocycles. The van der Waals surface area contributed by atoms with E-state index in [1.807, 2.05) is 13.2 Å². The van der Waals surface area contributed by atoms with Crippen molar-refractivity contribution >= 4 is 11.9 Å². The van der Waals surface area contributed by atoms with Gasteiger partial charge in [-0.15, -0.1) is 0 Å². The van der Waals surface area contributed by atoms with Crippen LogP contribution in [0.2, 0.25) is 0 Å². The maximum absolute atomic E-state index is 4.62. The molecular weight excluding hydrogens is 266 g/mol. The van der Waals surface area contributed by atoms with Gasteiger partial charge in [0, 0.05) is 32.9 Å². The predicted octanol–water partition coefficient (Wildman–Crippen LogP) is 1.69. The topological polar surface area (TPSA) is 71.8 Å². The van der Waals surface area contributed by atoms with E-state index in [-0.39, 0.29) is 0 Å². The Morgan fingerprint density at radius 2 is 2.00 bits per heavy atom. The largest absolute Gasteiger partial charge is 0.354 e. The summed E-state index contributed by atoms with van der Waals surface area (Å²) in [6.07, 6.45) is 7.14. The highest BCUT2D eigenvalue weighted by Gasteiger charge is 2.18. The number of hydrogen-bond acceptors (Lipinski definition) is 6. The van der Waals surface area contributed by atoms with Crippen LogP contribution < -0.4 is 10.2 Å². The number of nitrogens with zero attached hydrogens (tertiary/aromatic N) is 6. The fraction of sp³-hybridized carbons (Fsp3) is 0.571. The number of nitrogens with one attached hydrogen (secondary N) is 1. The van der Waals surface area contributed by atoms with Gasteiger partial charge in [0.05, 0.1) is 11.8 Å². The molecule has 0 radical (unpaired) electrons. The van der Waals surface area contributed by atoms with Crippen LogP contribution in [0.15, 0.2) is 12.4 Å². The third kappa shape index (κ3) is 3.12. The zero-order chi connectivity index (χ0) is 14.7. The van der Waals surface area contributed by atoms with E-state index >= 15 is 0 Å². The van der Waals surface area contributed by atoms with Gasteiger partial charge < -0.3 is 10.2 Å². The number of aromatic nitrogens is 5. The second kappa shape index (κ2) is 6.07. The van der Waals surface area contributed by atoms with Gasteiger partial charge in [-0.3, -0.25) is 4.68 Å². The van der Waals surface area contributed by atoms with Crippen LogP contribution in [0, 0.1) is 0 Å². The van der Waals surface area contributed by atoms with E-state index in [4.69, 9.17) is 0 Å². The minimum atomic E-state index is 0.646. The molecule has 21 heavy (non-hydrogen) atoms. The van der Waals surface area contributed by atoms with E-state index in [1.165, 1.54) is 12.8 Å². The highest BCUT2D eigenvalue weighted by Crippen LogP contribution is 2.21. The third-order valence-electron chi connectivity index (χ3n) is 3.51. The monoisotopic (exact) mass is 287 g/mol. The van der Waals surface area contributed by atoms with Crippen LogP contribution in [-0.2, 0) is 7.05 Å². The summed E-state index contributed by atoms with van der Waals surface area (Å²) < 4.78 is 1.76. The number of aryl methyl sites for hydroxylation is 1. The summed E-state index contributed by atoms with van der Waals surface area (Å²) in [6.45, 7) is 5.01. The highest BCUT2D eigenvalue weighted by atomic mass is 15.3. The minimum Gasteiger partial charge on any atom is -0.354 e. The smallest absolute Gasteiger partial charge is 0.230 e. The molecular formula is C14H21N7. The van der Waals surface area contributed by atoms with Crippen LogP contribution in [0.4, 0.5) is 11.9 Å². The number of anilines is 2. The average Bonchev–Trinajstić information content (AvgIpc) is 3.16. The van der Waals surface area contributed by atoms with Gasteiger partial charge >= 0.3 is 0 Å². The maximum atomic E-state index is 4.62. The summed E-state index contributed by atoms with van der Waals surface area (Å²) in [4.78, 5) is 15.9. The molecule has 0 unspecified atom stereocenters. The van der Waals surface area contributed by atoms with E-state index in [9.17, 15) is 0 Å². The molecule has 2 aromatic rings. The minimum absolute atomic E-state index is 0.646. The fourth-order valence-corrected chi connectivity index (χ4v) is 2.40. The fourth-order valence-electron chi connectivity index (χ4n) is 2.40. The van der Waals surface area contributed by atoms with E-state index in [2.05, 4.69) is 37.2 Å². The molecule has 0 aromatic carbocycles. The van der Waals surface area contributed by atoms with Gasteiger partial charge in [0.2, 0.25) is 11.9 Å². The molecule has 0 spiro atoms. The quantitative estimate of drug-likeness (QED) is 0.902. The van der Waals surface area contributed by atoms with Gasteiger partial charge in [0.1, 0.15) is 0 Å². The molecule has 7 heteroatoms. The summed E-state index contributed by atoms with van der Waals surface area (Å²) in [6, 6.07) is 0. The Morgan fingerprint density at radius 1 is 1.19 bits per heavy atom. The Kier molecular flexibility index (Phi) is 3.98. The molecule has 1 N–H and O–H groups in total. The molecule has 1 saturated heterocycles. The lowest BCUT2D eigenvalue weighted by Crippen LogP contribution is -2.22. The van der Waals surface area contributed by atoms with Crippen LogP contribution >= 0.6 is 0 Å². The Balaban J connectivity index is 1.95. The summed E-state index contributed by atoms with van der Waals surface area (Å²) >= 11 is 0. The van der Waals surface area contributed by atoms with Crippen LogP contribution in [0.25, 0.3) is 11.4 Å². The van der Waals surface area contributed by atoms with Crippen molar-refractivity contribution in [1.82, 2.24) is 24.7 Å². The SMILES string of the molecule is CCCNc1nc(-c2cnn(C)c2)nc(N2CCCC2)n1. The van der Waals surface area contributed by atoms with Crippen molar-refractivity contribution in [1.29, 1.82) is 0 Å². The number of hydrogen-bond donors (Lipinski definition) is 1. The molecule has 0 saturated carbocycles. The Hall–Kier alpha value is -2.18. The zero-order valence-electron chi connectivity index (χ0n) is 12.6. The first-order chi connectivity index (χ1) is 10.3. The van der Waals surface area contributed by atoms with Crippen LogP contribution in [0.3, 0.4) is 0 Å². The van der Waals surface area contributed by atoms with E-state index in [0.29, 0.717) is 11.8 Å². The zero-order valence-corrected chi connectivity index (χ0v) is 12.6. The second-order valence-corrected chi connectivity index (χ2v) is 5.31. The summed E-state index contributed by atoms with van der Waals surface area (Å²) in [5, 5.41) is 7.45. The molecule has 1 fully saturated rings. The second-order valence-electron chi connectivity index (χ2n) is 5.31. The predicted molar refractivity (Wildman–Crippen MR) is 82.3 cm³/mol. The summed E-state index contributed by atoms with van der Waals surface area (Å²) in [5.41, 5.74) is 0.917. The van der Waals surface area contributed by atoms with E-state index < -0.39 is 0 Å². The molecule has 0 bridgehead atoms. The van der Waals surface area contributed by atoms with E-state index in [0.717, 1.165) is 37.6 Å². The Bertz CT molecular complexity index is 601. The molecule has 0 amide bonds. The Morgan fingerprint density at radius 3 is 2.67 bits per heavy atom. The highest BCUT2D eigenvalue weighted by molar-refractivity contribution is 5.56. The van der Waals surface area contributed by atoms with Crippen molar-refractivity contribution in [3.63, 3.8) is 0 Å². The lowest BCUT2D eigenvalue weighted by molar-refractivity contribution is 0.768. The standard InChI is InChI=1S/C14H21N7/c1-3-6-15-13-17-12(11-9-16-20(2)10-11)18-14(19-13)21-7-4-5-8-21/h9-10H,3-8H2,1-2H3,(H,15,17,18,19). The van der Waals surface area contributed by atoms with Crippen molar-refractivity contribution in [3.8, 4) is 11.4 Å². The normalized spacial score (nSPS) is 14.7. The molecule has 0 atom stereocenters. The van der Waals surface area contributed by atoms with Crippen molar-refractivity contribution in [2.45, 2.75) is 26.2 Å². The summed E-state index contributed by atoms with van der Waals surface area (Å²) in [5.74, 6) is 2.09. The van der Waals surface area contributed by atoms with Crippen molar-refractivity contribution in [2.75, 3.05) is 29.9 Å². The number of rotatable bonds is 5. The van der Waals surface area contributed by atoms with Crippen molar-refractivity contribution < 1.29 is 0 Å². The lowest BCUT2D eigenvalue weighted by atomic mass is 10.3. The lowest BCUT2D eigenvalue weighted by Gasteiger charge is -2.16. The van der Waals surface area contributed by atoms with Crippen LogP contribution in [0.5, 0.6) is 0 Å². The molecule has 3 heterocycles. The van der Waals surface area contributed by atoms with Gasteiger partial charge in [-0.2, -0.15) is 20.1 Å². The summed E-state index contributed by atoms with van der Waals surface area (Å²) in [7, 11) is 1.89. The third-order valence-corrected chi connectivity index (χ3v) is 3.51.